The van der Waals surface area contributed by atoms with Crippen LogP contribution in [0.1, 0.15) is 17.4 Å². The summed E-state index contributed by atoms with van der Waals surface area (Å²) < 4.78 is 25.9. The van der Waals surface area contributed by atoms with Gasteiger partial charge >= 0.3 is 5.97 Å². The third-order valence-corrected chi connectivity index (χ3v) is 3.56. The molecule has 1 heterocycles. The average molecular weight is 305 g/mol. The zero-order chi connectivity index (χ0) is 15.2. The lowest BCUT2D eigenvalue weighted by Gasteiger charge is -2.04. The SMILES string of the molecule is CCNS(=O)(=O)CCNC(=O)c1cn(CC(=O)O)nn1. The number of carbonyl (C=O) groups is 2. The highest BCUT2D eigenvalue weighted by atomic mass is 32.2. The van der Waals surface area contributed by atoms with Gasteiger partial charge in [0.1, 0.15) is 6.54 Å². The number of amides is 1. The lowest BCUT2D eigenvalue weighted by atomic mass is 10.4. The first-order valence-electron chi connectivity index (χ1n) is 5.71. The molecule has 0 aliphatic heterocycles. The molecule has 1 aromatic rings. The van der Waals surface area contributed by atoms with Crippen LogP contribution in [0.4, 0.5) is 0 Å². The van der Waals surface area contributed by atoms with Crippen LogP contribution in [0.5, 0.6) is 0 Å². The van der Waals surface area contributed by atoms with Gasteiger partial charge in [-0.15, -0.1) is 5.10 Å². The van der Waals surface area contributed by atoms with E-state index in [-0.39, 0.29) is 24.5 Å². The summed E-state index contributed by atoms with van der Waals surface area (Å²) in [6.07, 6.45) is 1.17. The van der Waals surface area contributed by atoms with E-state index in [1.807, 2.05) is 0 Å². The van der Waals surface area contributed by atoms with Crippen molar-refractivity contribution in [3.63, 3.8) is 0 Å². The quantitative estimate of drug-likeness (QED) is 0.505. The van der Waals surface area contributed by atoms with Crippen LogP contribution < -0.4 is 10.0 Å². The second-order valence-corrected chi connectivity index (χ2v) is 5.69. The number of carboxylic acid groups (broad SMARTS) is 1. The highest BCUT2D eigenvalue weighted by Crippen LogP contribution is 1.93. The minimum Gasteiger partial charge on any atom is -0.480 e. The van der Waals surface area contributed by atoms with Crippen LogP contribution in [0.25, 0.3) is 0 Å². The molecule has 112 valence electrons. The normalized spacial score (nSPS) is 11.2. The number of nitrogens with one attached hydrogen (secondary N) is 2. The first kappa shape index (κ1) is 16.0. The molecule has 0 fully saturated rings. The lowest BCUT2D eigenvalue weighted by Crippen LogP contribution is -2.34. The number of rotatable bonds is 8. The number of carbonyl (C=O) groups excluding carboxylic acids is 1. The minimum absolute atomic E-state index is 0.0768. The molecule has 1 amide bonds. The molecule has 0 aromatic carbocycles. The number of hydrogen-bond acceptors (Lipinski definition) is 6. The number of sulfonamides is 1. The van der Waals surface area contributed by atoms with Gasteiger partial charge in [-0.25, -0.2) is 17.8 Å². The van der Waals surface area contributed by atoms with E-state index in [1.54, 1.807) is 6.92 Å². The van der Waals surface area contributed by atoms with Gasteiger partial charge in [0.25, 0.3) is 5.91 Å². The summed E-state index contributed by atoms with van der Waals surface area (Å²) in [5.41, 5.74) is -0.0768. The van der Waals surface area contributed by atoms with Crippen LogP contribution in [-0.4, -0.2) is 59.2 Å². The highest BCUT2D eigenvalue weighted by molar-refractivity contribution is 7.89. The van der Waals surface area contributed by atoms with Crippen molar-refractivity contribution in [1.82, 2.24) is 25.0 Å². The van der Waals surface area contributed by atoms with Gasteiger partial charge in [-0.05, 0) is 0 Å². The van der Waals surface area contributed by atoms with Gasteiger partial charge in [0, 0.05) is 13.1 Å². The standard InChI is InChI=1S/C9H15N5O5S/c1-2-11-20(18,19)4-3-10-9(17)7-5-14(13-12-7)6-8(15)16/h5,11H,2-4,6H2,1H3,(H,10,17)(H,15,16). The van der Waals surface area contributed by atoms with Crippen molar-refractivity contribution in [3.05, 3.63) is 11.9 Å². The molecule has 0 aliphatic carbocycles. The van der Waals surface area contributed by atoms with E-state index in [0.29, 0.717) is 0 Å². The summed E-state index contributed by atoms with van der Waals surface area (Å²) in [5.74, 6) is -1.98. The Kier molecular flexibility index (Phi) is 5.58. The third-order valence-electron chi connectivity index (χ3n) is 2.09. The average Bonchev–Trinajstić information content (AvgIpc) is 2.76. The largest absolute Gasteiger partial charge is 0.480 e. The zero-order valence-electron chi connectivity index (χ0n) is 10.7. The van der Waals surface area contributed by atoms with Crippen LogP contribution in [-0.2, 0) is 21.4 Å². The van der Waals surface area contributed by atoms with Gasteiger partial charge in [0.2, 0.25) is 10.0 Å². The van der Waals surface area contributed by atoms with Gasteiger partial charge in [-0.1, -0.05) is 12.1 Å². The maximum absolute atomic E-state index is 11.6. The predicted octanol–water partition coefficient (Wildman–Crippen LogP) is -1.97. The first-order valence-corrected chi connectivity index (χ1v) is 7.36. The summed E-state index contributed by atoms with van der Waals surface area (Å²) in [6.45, 7) is 1.44. The molecule has 0 saturated carbocycles. The van der Waals surface area contributed by atoms with Crippen molar-refractivity contribution in [2.45, 2.75) is 13.5 Å². The first-order chi connectivity index (χ1) is 9.34. The molecule has 20 heavy (non-hydrogen) atoms. The molecule has 0 radical (unpaired) electrons. The van der Waals surface area contributed by atoms with Gasteiger partial charge in [-0.3, -0.25) is 9.59 Å². The molecule has 0 saturated heterocycles. The number of aromatic nitrogens is 3. The van der Waals surface area contributed by atoms with Crippen molar-refractivity contribution in [3.8, 4) is 0 Å². The number of carboxylic acids is 1. The van der Waals surface area contributed by atoms with Gasteiger partial charge < -0.3 is 10.4 Å². The summed E-state index contributed by atoms with van der Waals surface area (Å²) in [7, 11) is -3.40. The lowest BCUT2D eigenvalue weighted by molar-refractivity contribution is -0.137. The van der Waals surface area contributed by atoms with E-state index in [9.17, 15) is 18.0 Å². The molecule has 0 unspecified atom stereocenters. The second-order valence-electron chi connectivity index (χ2n) is 3.77. The maximum atomic E-state index is 11.6. The summed E-state index contributed by atoms with van der Waals surface area (Å²) in [6, 6.07) is 0. The van der Waals surface area contributed by atoms with E-state index in [1.165, 1.54) is 6.20 Å². The molecular formula is C9H15N5O5S. The van der Waals surface area contributed by atoms with Crippen LogP contribution in [0.2, 0.25) is 0 Å². The molecule has 10 nitrogen and oxygen atoms in total. The Bertz CT molecular complexity index is 581. The molecule has 0 aliphatic rings. The van der Waals surface area contributed by atoms with Gasteiger partial charge in [-0.2, -0.15) is 0 Å². The molecule has 1 aromatic heterocycles. The van der Waals surface area contributed by atoms with E-state index >= 15 is 0 Å². The molecular weight excluding hydrogens is 290 g/mol. The van der Waals surface area contributed by atoms with Gasteiger partial charge in [0.15, 0.2) is 5.69 Å². The Hall–Kier alpha value is -2.01. The monoisotopic (exact) mass is 305 g/mol. The minimum atomic E-state index is -3.40. The van der Waals surface area contributed by atoms with Gasteiger partial charge in [0.05, 0.1) is 11.9 Å². The van der Waals surface area contributed by atoms with Crippen molar-refractivity contribution in [2.24, 2.45) is 0 Å². The van der Waals surface area contributed by atoms with Crippen LogP contribution in [0.15, 0.2) is 6.20 Å². The molecule has 11 heteroatoms. The summed E-state index contributed by atoms with van der Waals surface area (Å²) in [4.78, 5) is 22.0. The fourth-order valence-corrected chi connectivity index (χ4v) is 2.25. The molecule has 0 spiro atoms. The van der Waals surface area contributed by atoms with E-state index in [0.717, 1.165) is 4.68 Å². The Labute approximate surface area is 115 Å². The number of aliphatic carboxylic acids is 1. The molecule has 0 bridgehead atoms. The van der Waals surface area contributed by atoms with Crippen LogP contribution in [0.3, 0.4) is 0 Å². The smallest absolute Gasteiger partial charge is 0.325 e. The number of nitrogens with zero attached hydrogens (tertiary/aromatic N) is 3. The fraction of sp³-hybridized carbons (Fsp3) is 0.556. The molecule has 1 rings (SSSR count). The third kappa shape index (κ3) is 5.32. The van der Waals surface area contributed by atoms with Crippen molar-refractivity contribution < 1.29 is 23.1 Å². The Morgan fingerprint density at radius 1 is 1.45 bits per heavy atom. The molecule has 3 N–H and O–H groups in total. The Morgan fingerprint density at radius 2 is 2.15 bits per heavy atom. The summed E-state index contributed by atoms with van der Waals surface area (Å²) in [5, 5.41) is 17.8. The predicted molar refractivity (Wildman–Crippen MR) is 67.5 cm³/mol. The van der Waals surface area contributed by atoms with E-state index in [2.05, 4.69) is 20.4 Å². The van der Waals surface area contributed by atoms with Crippen LogP contribution in [0, 0.1) is 0 Å². The zero-order valence-corrected chi connectivity index (χ0v) is 11.6. The van der Waals surface area contributed by atoms with Crippen molar-refractivity contribution in [2.75, 3.05) is 18.8 Å². The van der Waals surface area contributed by atoms with Crippen molar-refractivity contribution in [1.29, 1.82) is 0 Å². The van der Waals surface area contributed by atoms with Crippen LogP contribution >= 0.6 is 0 Å². The Morgan fingerprint density at radius 3 is 2.75 bits per heavy atom. The topological polar surface area (TPSA) is 143 Å². The fourth-order valence-electron chi connectivity index (χ4n) is 1.30. The Balaban J connectivity index is 2.47. The van der Waals surface area contributed by atoms with Crippen molar-refractivity contribution >= 4 is 21.9 Å². The second kappa shape index (κ2) is 6.96. The molecule has 0 atom stereocenters. The summed E-state index contributed by atoms with van der Waals surface area (Å²) >= 11 is 0. The van der Waals surface area contributed by atoms with E-state index in [4.69, 9.17) is 5.11 Å². The van der Waals surface area contributed by atoms with E-state index < -0.39 is 28.4 Å². The number of hydrogen-bond donors (Lipinski definition) is 3. The highest BCUT2D eigenvalue weighted by Gasteiger charge is 2.13. The maximum Gasteiger partial charge on any atom is 0.325 e.